The van der Waals surface area contributed by atoms with Gasteiger partial charge in [0.15, 0.2) is 5.13 Å². The van der Waals surface area contributed by atoms with E-state index in [1.807, 2.05) is 18.2 Å². The summed E-state index contributed by atoms with van der Waals surface area (Å²) < 4.78 is 0. The van der Waals surface area contributed by atoms with Crippen LogP contribution in [0.1, 0.15) is 52.1 Å². The molecular formula is C25H36N8OS. The second kappa shape index (κ2) is 10.3. The van der Waals surface area contributed by atoms with Gasteiger partial charge in [0.05, 0.1) is 11.8 Å². The third kappa shape index (κ3) is 6.24. The fraction of sp³-hybridized carbons (Fsp3) is 0.600. The molecule has 3 aromatic rings. The minimum atomic E-state index is -0.183. The fourth-order valence-electron chi connectivity index (χ4n) is 4.85. The molecule has 1 aliphatic heterocycles. The van der Waals surface area contributed by atoms with Gasteiger partial charge in [-0.25, -0.2) is 15.0 Å². The number of nitrogens with one attached hydrogen (secondary N) is 2. The Labute approximate surface area is 211 Å². The van der Waals surface area contributed by atoms with Crippen molar-refractivity contribution in [1.82, 2.24) is 29.7 Å². The van der Waals surface area contributed by atoms with Gasteiger partial charge in [0.2, 0.25) is 5.95 Å². The van der Waals surface area contributed by atoms with E-state index in [9.17, 15) is 5.11 Å². The molecule has 2 fully saturated rings. The molecule has 0 unspecified atom stereocenters. The largest absolute Gasteiger partial charge is 0.393 e. The lowest BCUT2D eigenvalue weighted by Crippen LogP contribution is -2.53. The van der Waals surface area contributed by atoms with Crippen molar-refractivity contribution in [1.29, 1.82) is 0 Å². The number of piperazine rings is 1. The van der Waals surface area contributed by atoms with Gasteiger partial charge in [-0.1, -0.05) is 11.3 Å². The summed E-state index contributed by atoms with van der Waals surface area (Å²) in [5.41, 5.74) is 2.07. The fourth-order valence-corrected chi connectivity index (χ4v) is 5.66. The number of rotatable bonds is 6. The maximum Gasteiger partial charge on any atom is 0.225 e. The first-order valence-corrected chi connectivity index (χ1v) is 13.4. The van der Waals surface area contributed by atoms with Gasteiger partial charge in [0, 0.05) is 56.6 Å². The average Bonchev–Trinajstić information content (AvgIpc) is 3.22. The van der Waals surface area contributed by atoms with Crippen molar-refractivity contribution in [2.45, 2.75) is 70.7 Å². The number of fused-ring (bicyclic) bond motifs is 1. The predicted octanol–water partition coefficient (Wildman–Crippen LogP) is 3.86. The van der Waals surface area contributed by atoms with Gasteiger partial charge in [0.25, 0.3) is 0 Å². The van der Waals surface area contributed by atoms with Gasteiger partial charge in [-0.05, 0) is 58.6 Å². The Bertz CT molecular complexity index is 1100. The van der Waals surface area contributed by atoms with E-state index in [-0.39, 0.29) is 17.7 Å². The van der Waals surface area contributed by atoms with Crippen LogP contribution in [0.5, 0.6) is 0 Å². The quantitative estimate of drug-likeness (QED) is 0.469. The van der Waals surface area contributed by atoms with Crippen molar-refractivity contribution in [2.75, 3.05) is 36.8 Å². The molecule has 4 heterocycles. The lowest BCUT2D eigenvalue weighted by molar-refractivity contribution is 0.0586. The Morgan fingerprint density at radius 3 is 2.54 bits per heavy atom. The van der Waals surface area contributed by atoms with E-state index in [0.29, 0.717) is 5.95 Å². The van der Waals surface area contributed by atoms with Crippen LogP contribution in [0.15, 0.2) is 24.4 Å². The molecule has 188 valence electrons. The molecule has 1 saturated heterocycles. The van der Waals surface area contributed by atoms with Crippen molar-refractivity contribution in [3.8, 4) is 0 Å². The summed E-state index contributed by atoms with van der Waals surface area (Å²) in [6.45, 7) is 11.8. The third-order valence-corrected chi connectivity index (χ3v) is 7.81. The number of aromatic nitrogens is 4. The Morgan fingerprint density at radius 1 is 1.06 bits per heavy atom. The summed E-state index contributed by atoms with van der Waals surface area (Å²) in [6, 6.07) is 6.18. The predicted molar refractivity (Wildman–Crippen MR) is 141 cm³/mol. The van der Waals surface area contributed by atoms with Gasteiger partial charge < -0.3 is 15.7 Å². The molecule has 2 aliphatic rings. The van der Waals surface area contributed by atoms with Crippen LogP contribution in [0.3, 0.4) is 0 Å². The van der Waals surface area contributed by atoms with Crippen molar-refractivity contribution >= 4 is 38.6 Å². The van der Waals surface area contributed by atoms with Crippen LogP contribution in [0.25, 0.3) is 10.3 Å². The minimum Gasteiger partial charge on any atom is -0.393 e. The molecule has 0 aromatic carbocycles. The molecule has 1 aliphatic carbocycles. The van der Waals surface area contributed by atoms with E-state index in [0.717, 1.165) is 85.4 Å². The van der Waals surface area contributed by atoms with Crippen LogP contribution < -0.4 is 10.6 Å². The van der Waals surface area contributed by atoms with E-state index < -0.39 is 0 Å². The highest BCUT2D eigenvalue weighted by molar-refractivity contribution is 7.21. The van der Waals surface area contributed by atoms with Gasteiger partial charge in [-0.3, -0.25) is 9.80 Å². The monoisotopic (exact) mass is 496 g/mol. The molecule has 0 radical (unpaired) electrons. The lowest BCUT2D eigenvalue weighted by Gasteiger charge is -2.42. The second-order valence-corrected chi connectivity index (χ2v) is 11.6. The summed E-state index contributed by atoms with van der Waals surface area (Å²) in [4.78, 5) is 24.6. The van der Waals surface area contributed by atoms with E-state index in [1.54, 1.807) is 6.20 Å². The first kappa shape index (κ1) is 24.3. The Hall–Kier alpha value is -2.40. The van der Waals surface area contributed by atoms with Gasteiger partial charge in [0.1, 0.15) is 16.2 Å². The summed E-state index contributed by atoms with van der Waals surface area (Å²) in [6.07, 6.45) is 5.09. The molecule has 9 nitrogen and oxygen atoms in total. The van der Waals surface area contributed by atoms with Crippen molar-refractivity contribution in [3.63, 3.8) is 0 Å². The van der Waals surface area contributed by atoms with Crippen molar-refractivity contribution in [3.05, 3.63) is 30.1 Å². The molecule has 35 heavy (non-hydrogen) atoms. The third-order valence-electron chi connectivity index (χ3n) is 6.92. The molecule has 0 spiro atoms. The molecule has 0 bridgehead atoms. The maximum absolute atomic E-state index is 9.87. The van der Waals surface area contributed by atoms with Gasteiger partial charge in [-0.15, -0.1) is 0 Å². The molecule has 3 aromatic heterocycles. The Balaban J connectivity index is 1.33. The highest BCUT2D eigenvalue weighted by Gasteiger charge is 2.26. The topological polar surface area (TPSA) is 102 Å². The first-order valence-electron chi connectivity index (χ1n) is 12.6. The average molecular weight is 497 g/mol. The van der Waals surface area contributed by atoms with E-state index >= 15 is 0 Å². The summed E-state index contributed by atoms with van der Waals surface area (Å²) >= 11 is 1.52. The first-order chi connectivity index (χ1) is 16.8. The molecule has 1 saturated carbocycles. The normalized spacial score (nSPS) is 22.4. The molecule has 3 N–H and O–H groups in total. The van der Waals surface area contributed by atoms with Crippen LogP contribution >= 0.6 is 11.3 Å². The number of hydrogen-bond donors (Lipinski definition) is 3. The number of anilines is 3. The molecular weight excluding hydrogens is 460 g/mol. The minimum absolute atomic E-state index is 0.183. The number of nitrogens with zero attached hydrogens (tertiary/aromatic N) is 6. The van der Waals surface area contributed by atoms with Gasteiger partial charge in [-0.2, -0.15) is 4.98 Å². The molecule has 0 atom stereocenters. The number of thiazole rings is 1. The van der Waals surface area contributed by atoms with Crippen LogP contribution in [0.2, 0.25) is 0 Å². The van der Waals surface area contributed by atoms with Gasteiger partial charge >= 0.3 is 0 Å². The smallest absolute Gasteiger partial charge is 0.225 e. The van der Waals surface area contributed by atoms with E-state index in [4.69, 9.17) is 9.97 Å². The SMILES string of the molecule is CC(C)(C)N1CCN(Cc2cc(Nc3nc4cccnc4s3)nc(NC3CCC(O)CC3)n2)CC1. The van der Waals surface area contributed by atoms with Crippen LogP contribution in [0, 0.1) is 0 Å². The highest BCUT2D eigenvalue weighted by atomic mass is 32.1. The number of pyridine rings is 1. The number of aliphatic hydroxyl groups is 1. The number of aliphatic hydroxyl groups excluding tert-OH is 1. The van der Waals surface area contributed by atoms with E-state index in [1.165, 1.54) is 11.3 Å². The zero-order valence-electron chi connectivity index (χ0n) is 20.9. The van der Waals surface area contributed by atoms with Crippen molar-refractivity contribution in [2.24, 2.45) is 0 Å². The molecule has 10 heteroatoms. The van der Waals surface area contributed by atoms with E-state index in [2.05, 4.69) is 51.2 Å². The van der Waals surface area contributed by atoms with Crippen LogP contribution in [-0.2, 0) is 6.54 Å². The molecule has 5 rings (SSSR count). The van der Waals surface area contributed by atoms with Crippen LogP contribution in [-0.4, -0.2) is 78.7 Å². The van der Waals surface area contributed by atoms with Crippen LogP contribution in [0.4, 0.5) is 16.9 Å². The summed E-state index contributed by atoms with van der Waals surface area (Å²) in [7, 11) is 0. The standard InChI is InChI=1S/C25H36N8OS/c1-25(2,3)33-13-11-32(12-14-33)16-18-15-21(31-24-29-20-5-4-10-26-22(20)35-24)30-23(28-18)27-17-6-8-19(34)9-7-17/h4-5,10,15,17,19,34H,6-9,11-14,16H2,1-3H3,(H2,27,28,29,30,31). The number of hydrogen-bond acceptors (Lipinski definition) is 10. The Morgan fingerprint density at radius 2 is 1.83 bits per heavy atom. The molecule has 0 amide bonds. The lowest BCUT2D eigenvalue weighted by atomic mass is 9.93. The maximum atomic E-state index is 9.87. The second-order valence-electron chi connectivity index (χ2n) is 10.6. The Kier molecular flexibility index (Phi) is 7.15. The van der Waals surface area contributed by atoms with Crippen molar-refractivity contribution < 1.29 is 5.11 Å². The summed E-state index contributed by atoms with van der Waals surface area (Å²) in [5, 5.41) is 17.6. The highest BCUT2D eigenvalue weighted by Crippen LogP contribution is 2.28. The zero-order chi connectivity index (χ0) is 24.4. The zero-order valence-corrected chi connectivity index (χ0v) is 21.7. The summed E-state index contributed by atoms with van der Waals surface area (Å²) in [5.74, 6) is 1.37.